The molecule has 2 aromatic rings. The molecule has 0 bridgehead atoms. The van der Waals surface area contributed by atoms with Crippen LogP contribution < -0.4 is 0 Å². The van der Waals surface area contributed by atoms with E-state index in [2.05, 4.69) is 54.6 Å². The second-order valence-electron chi connectivity index (χ2n) is 2.19. The van der Waals surface area contributed by atoms with Gasteiger partial charge in [-0.15, -0.1) is 0 Å². The Labute approximate surface area is 85.7 Å². The van der Waals surface area contributed by atoms with Gasteiger partial charge < -0.3 is 4.98 Å². The largest absolute Gasteiger partial charge is 0.345 e. The first-order valence-electron chi connectivity index (χ1n) is 3.05. The molecule has 1 heterocycles. The van der Waals surface area contributed by atoms with Crippen LogP contribution in [0, 0.1) is 3.57 Å². The number of nitrogens with one attached hydrogen (secondary N) is 1. The monoisotopic (exact) mass is 322 g/mol. The van der Waals surface area contributed by atoms with Gasteiger partial charge in [-0.2, -0.15) is 0 Å². The van der Waals surface area contributed by atoms with Crippen molar-refractivity contribution in [3.8, 4) is 0 Å². The molecule has 0 aliphatic heterocycles. The van der Waals surface area contributed by atoms with Gasteiger partial charge in [-0.3, -0.25) is 0 Å². The van der Waals surface area contributed by atoms with Gasteiger partial charge in [0.2, 0.25) is 0 Å². The van der Waals surface area contributed by atoms with E-state index in [1.54, 1.807) is 6.33 Å². The Hall–Kier alpha value is -0.100. The number of fused-ring (bicyclic) bond motifs is 1. The summed E-state index contributed by atoms with van der Waals surface area (Å²) in [4.78, 5) is 7.21. The summed E-state index contributed by atoms with van der Waals surface area (Å²) in [7, 11) is 0. The van der Waals surface area contributed by atoms with Crippen LogP contribution in [0.5, 0.6) is 0 Å². The molecule has 0 atom stereocenters. The fourth-order valence-electron chi connectivity index (χ4n) is 0.974. The van der Waals surface area contributed by atoms with Gasteiger partial charge in [0.1, 0.15) is 5.52 Å². The number of aromatic nitrogens is 2. The van der Waals surface area contributed by atoms with Gasteiger partial charge >= 0.3 is 0 Å². The molecule has 2 nitrogen and oxygen atoms in total. The third-order valence-electron chi connectivity index (χ3n) is 1.44. The van der Waals surface area contributed by atoms with Gasteiger partial charge in [0.25, 0.3) is 0 Å². The zero-order valence-corrected chi connectivity index (χ0v) is 9.18. The van der Waals surface area contributed by atoms with Crippen LogP contribution in [0.3, 0.4) is 0 Å². The minimum absolute atomic E-state index is 0.991. The molecule has 0 aliphatic rings. The fraction of sp³-hybridized carbons (Fsp3) is 0. The number of H-pyrrole nitrogens is 1. The Balaban J connectivity index is 2.91. The van der Waals surface area contributed by atoms with E-state index >= 15 is 0 Å². The second kappa shape index (κ2) is 2.75. The van der Waals surface area contributed by atoms with E-state index in [9.17, 15) is 0 Å². The quantitative estimate of drug-likeness (QED) is 0.742. The highest BCUT2D eigenvalue weighted by Gasteiger charge is 2.01. The van der Waals surface area contributed by atoms with Gasteiger partial charge in [-0.25, -0.2) is 4.98 Å². The lowest BCUT2D eigenvalue weighted by Crippen LogP contribution is -1.74. The van der Waals surface area contributed by atoms with Crippen molar-refractivity contribution in [2.75, 3.05) is 0 Å². The Bertz CT molecular complexity index is 396. The molecular formula is C7H4BrIN2. The normalized spacial score (nSPS) is 10.7. The molecule has 4 heteroatoms. The van der Waals surface area contributed by atoms with Crippen molar-refractivity contribution in [3.05, 3.63) is 26.5 Å². The predicted molar refractivity (Wildman–Crippen MR) is 56.5 cm³/mol. The maximum Gasteiger partial charge on any atom is 0.102 e. The average Bonchev–Trinajstić information content (AvgIpc) is 2.34. The van der Waals surface area contributed by atoms with Crippen LogP contribution in [0.25, 0.3) is 11.0 Å². The van der Waals surface area contributed by atoms with E-state index in [1.165, 1.54) is 3.57 Å². The summed E-state index contributed by atoms with van der Waals surface area (Å²) in [6, 6.07) is 4.11. The Morgan fingerprint density at radius 1 is 1.45 bits per heavy atom. The maximum absolute atomic E-state index is 4.15. The molecule has 1 aromatic heterocycles. The summed E-state index contributed by atoms with van der Waals surface area (Å²) in [5.74, 6) is 0. The first kappa shape index (κ1) is 7.54. The van der Waals surface area contributed by atoms with Crippen LogP contribution in [-0.4, -0.2) is 9.97 Å². The number of hydrogen-bond donors (Lipinski definition) is 1. The summed E-state index contributed by atoms with van der Waals surface area (Å²) in [5.41, 5.74) is 2.06. The molecule has 0 saturated heterocycles. The first-order valence-corrected chi connectivity index (χ1v) is 4.92. The topological polar surface area (TPSA) is 28.7 Å². The van der Waals surface area contributed by atoms with Gasteiger partial charge in [-0.05, 0) is 50.7 Å². The van der Waals surface area contributed by atoms with Crippen molar-refractivity contribution in [3.63, 3.8) is 0 Å². The Morgan fingerprint density at radius 2 is 2.27 bits per heavy atom. The molecule has 0 spiro atoms. The third-order valence-corrected chi connectivity index (χ3v) is 2.67. The predicted octanol–water partition coefficient (Wildman–Crippen LogP) is 2.93. The number of rotatable bonds is 0. The lowest BCUT2D eigenvalue weighted by Gasteiger charge is -1.93. The van der Waals surface area contributed by atoms with Crippen molar-refractivity contribution >= 4 is 49.6 Å². The molecule has 0 amide bonds. The van der Waals surface area contributed by atoms with Gasteiger partial charge in [0.15, 0.2) is 0 Å². The van der Waals surface area contributed by atoms with E-state index in [4.69, 9.17) is 0 Å². The van der Waals surface area contributed by atoms with E-state index < -0.39 is 0 Å². The molecule has 0 radical (unpaired) electrons. The zero-order chi connectivity index (χ0) is 7.84. The van der Waals surface area contributed by atoms with Crippen molar-refractivity contribution in [2.45, 2.75) is 0 Å². The highest BCUT2D eigenvalue weighted by molar-refractivity contribution is 14.1. The average molecular weight is 323 g/mol. The van der Waals surface area contributed by atoms with Crippen LogP contribution >= 0.6 is 38.5 Å². The highest BCUT2D eigenvalue weighted by Crippen LogP contribution is 2.23. The van der Waals surface area contributed by atoms with E-state index in [-0.39, 0.29) is 0 Å². The van der Waals surface area contributed by atoms with Crippen molar-refractivity contribution in [1.82, 2.24) is 9.97 Å². The smallest absolute Gasteiger partial charge is 0.102 e. The Morgan fingerprint density at radius 3 is 3.09 bits per heavy atom. The minimum Gasteiger partial charge on any atom is -0.345 e. The number of halogens is 2. The minimum atomic E-state index is 0.991. The number of hydrogen-bond acceptors (Lipinski definition) is 1. The molecule has 1 aromatic carbocycles. The third kappa shape index (κ3) is 1.29. The van der Waals surface area contributed by atoms with Crippen molar-refractivity contribution in [2.24, 2.45) is 0 Å². The molecule has 1 N–H and O–H groups in total. The molecule has 0 saturated carbocycles. The van der Waals surface area contributed by atoms with Gasteiger partial charge in [0.05, 0.1) is 11.8 Å². The van der Waals surface area contributed by atoms with Crippen LogP contribution in [-0.2, 0) is 0 Å². The van der Waals surface area contributed by atoms with E-state index in [0.717, 1.165) is 15.5 Å². The number of nitrogens with zero attached hydrogens (tertiary/aromatic N) is 1. The van der Waals surface area contributed by atoms with E-state index in [1.807, 2.05) is 6.07 Å². The van der Waals surface area contributed by atoms with Crippen LogP contribution in [0.15, 0.2) is 22.9 Å². The fourth-order valence-corrected chi connectivity index (χ4v) is 2.59. The molecule has 11 heavy (non-hydrogen) atoms. The van der Waals surface area contributed by atoms with Crippen LogP contribution in [0.1, 0.15) is 0 Å². The lowest BCUT2D eigenvalue weighted by atomic mass is 10.3. The molecule has 0 unspecified atom stereocenters. The van der Waals surface area contributed by atoms with Gasteiger partial charge in [-0.1, -0.05) is 0 Å². The Kier molecular flexibility index (Phi) is 1.88. The second-order valence-corrected chi connectivity index (χ2v) is 4.29. The number of imidazole rings is 1. The van der Waals surface area contributed by atoms with Crippen LogP contribution in [0.2, 0.25) is 0 Å². The molecule has 56 valence electrons. The van der Waals surface area contributed by atoms with Crippen molar-refractivity contribution < 1.29 is 0 Å². The zero-order valence-electron chi connectivity index (χ0n) is 5.44. The van der Waals surface area contributed by atoms with Gasteiger partial charge in [0, 0.05) is 8.04 Å². The highest BCUT2D eigenvalue weighted by atomic mass is 127. The summed E-state index contributed by atoms with van der Waals surface area (Å²) in [6.45, 7) is 0. The SMILES string of the molecule is Brc1cc(I)cc2[nH]cnc12. The standard InChI is InChI=1S/C7H4BrIN2/c8-5-1-4(9)2-6-7(5)11-3-10-6/h1-3H,(H,10,11). The number of aromatic amines is 1. The maximum atomic E-state index is 4.15. The molecule has 2 rings (SSSR count). The summed E-state index contributed by atoms with van der Waals surface area (Å²) in [6.07, 6.45) is 1.70. The number of benzene rings is 1. The summed E-state index contributed by atoms with van der Waals surface area (Å²) >= 11 is 5.71. The summed E-state index contributed by atoms with van der Waals surface area (Å²) < 4.78 is 2.24. The molecule has 0 aliphatic carbocycles. The van der Waals surface area contributed by atoms with E-state index in [0.29, 0.717) is 0 Å². The lowest BCUT2D eigenvalue weighted by molar-refractivity contribution is 1.34. The summed E-state index contributed by atoms with van der Waals surface area (Å²) in [5, 5.41) is 0. The first-order chi connectivity index (χ1) is 5.27. The van der Waals surface area contributed by atoms with Crippen LogP contribution in [0.4, 0.5) is 0 Å². The molecule has 0 fully saturated rings. The van der Waals surface area contributed by atoms with Crippen molar-refractivity contribution in [1.29, 1.82) is 0 Å². The molecular weight excluding hydrogens is 319 g/mol.